The van der Waals surface area contributed by atoms with E-state index in [1.807, 2.05) is 0 Å². The number of carbonyl (C=O) groups excluding carboxylic acids is 4. The number of nitrogens with one attached hydrogen (secondary N) is 2. The second-order valence-electron chi connectivity index (χ2n) is 8.24. The Morgan fingerprint density at radius 3 is 2.68 bits per heavy atom. The van der Waals surface area contributed by atoms with Gasteiger partial charge in [-0.05, 0) is 31.2 Å². The zero-order valence-electron chi connectivity index (χ0n) is 17.5. The monoisotopic (exact) mass is 434 g/mol. The van der Waals surface area contributed by atoms with Crippen molar-refractivity contribution in [2.24, 2.45) is 11.8 Å². The normalized spacial score (nSPS) is 19.8. The number of furan rings is 1. The van der Waals surface area contributed by atoms with Crippen LogP contribution in [0, 0.1) is 11.8 Å². The molecule has 0 spiro atoms. The van der Waals surface area contributed by atoms with Crippen molar-refractivity contribution in [1.82, 2.24) is 20.6 Å². The Morgan fingerprint density at radius 2 is 2.00 bits per heavy atom. The van der Waals surface area contributed by atoms with Gasteiger partial charge >= 0.3 is 0 Å². The average Bonchev–Trinajstić information content (AvgIpc) is 3.54. The van der Waals surface area contributed by atoms with E-state index in [4.69, 9.17) is 4.42 Å². The summed E-state index contributed by atoms with van der Waals surface area (Å²) in [6.45, 7) is 0.304. The van der Waals surface area contributed by atoms with Crippen molar-refractivity contribution in [2.75, 3.05) is 19.8 Å². The molecule has 10 nitrogen and oxygen atoms in total. The summed E-state index contributed by atoms with van der Waals surface area (Å²) in [5.41, 5.74) is 0.352. The summed E-state index contributed by atoms with van der Waals surface area (Å²) in [5, 5.41) is 15.4. The van der Waals surface area contributed by atoms with Crippen LogP contribution in [-0.4, -0.2) is 65.1 Å². The van der Waals surface area contributed by atoms with Gasteiger partial charge < -0.3 is 20.0 Å². The fraction of sp³-hybridized carbons (Fsp3) is 0.619. The first-order chi connectivity index (χ1) is 15.0. The Hall–Kier alpha value is -2.88. The lowest BCUT2D eigenvalue weighted by molar-refractivity contribution is -0.158. The molecule has 2 fully saturated rings. The van der Waals surface area contributed by atoms with Crippen molar-refractivity contribution in [3.8, 4) is 0 Å². The molecular formula is C21H30N4O6. The number of likely N-dealkylation sites (tertiary alicyclic amines) is 1. The molecule has 31 heavy (non-hydrogen) atoms. The van der Waals surface area contributed by atoms with E-state index >= 15 is 0 Å². The third-order valence-corrected chi connectivity index (χ3v) is 6.10. The van der Waals surface area contributed by atoms with Crippen LogP contribution < -0.4 is 10.6 Å². The molecule has 1 aromatic rings. The Morgan fingerprint density at radius 1 is 1.23 bits per heavy atom. The van der Waals surface area contributed by atoms with Crippen LogP contribution in [-0.2, 0) is 14.4 Å². The number of hydroxylamine groups is 2. The average molecular weight is 434 g/mol. The van der Waals surface area contributed by atoms with Crippen molar-refractivity contribution in [1.29, 1.82) is 0 Å². The molecule has 3 rings (SSSR count). The lowest BCUT2D eigenvalue weighted by atomic mass is 9.91. The molecule has 1 saturated carbocycles. The number of rotatable bonds is 10. The predicted octanol–water partition coefficient (Wildman–Crippen LogP) is 1.12. The van der Waals surface area contributed by atoms with Gasteiger partial charge in [0.2, 0.25) is 18.2 Å². The molecule has 170 valence electrons. The maximum absolute atomic E-state index is 13.2. The van der Waals surface area contributed by atoms with E-state index in [2.05, 4.69) is 10.6 Å². The molecule has 3 N–H and O–H groups in total. The highest BCUT2D eigenvalue weighted by Gasteiger charge is 2.38. The number of carbonyl (C=O) groups is 4. The van der Waals surface area contributed by atoms with Crippen LogP contribution in [0.5, 0.6) is 0 Å². The van der Waals surface area contributed by atoms with E-state index in [1.54, 1.807) is 4.90 Å². The van der Waals surface area contributed by atoms with Crippen LogP contribution in [0.25, 0.3) is 0 Å². The third-order valence-electron chi connectivity index (χ3n) is 6.10. The van der Waals surface area contributed by atoms with Crippen molar-refractivity contribution in [2.45, 2.75) is 51.0 Å². The molecule has 0 bridgehead atoms. The van der Waals surface area contributed by atoms with Crippen LogP contribution >= 0.6 is 0 Å². The second-order valence-corrected chi connectivity index (χ2v) is 8.24. The summed E-state index contributed by atoms with van der Waals surface area (Å²) in [5.74, 6) is -1.08. The van der Waals surface area contributed by atoms with Gasteiger partial charge in [0, 0.05) is 6.54 Å². The van der Waals surface area contributed by atoms with Crippen molar-refractivity contribution >= 4 is 24.1 Å². The van der Waals surface area contributed by atoms with Crippen LogP contribution in [0.2, 0.25) is 0 Å². The zero-order chi connectivity index (χ0) is 22.2. The Balaban J connectivity index is 1.56. The lowest BCUT2D eigenvalue weighted by Crippen LogP contribution is -2.51. The van der Waals surface area contributed by atoms with Gasteiger partial charge in [-0.15, -0.1) is 0 Å². The fourth-order valence-electron chi connectivity index (χ4n) is 4.53. The molecule has 1 aliphatic carbocycles. The van der Waals surface area contributed by atoms with Gasteiger partial charge in [0.25, 0.3) is 5.91 Å². The highest BCUT2D eigenvalue weighted by atomic mass is 16.5. The number of amides is 4. The minimum atomic E-state index is -0.632. The number of hydrogen-bond acceptors (Lipinski definition) is 6. The minimum absolute atomic E-state index is 0.0670. The van der Waals surface area contributed by atoms with Crippen LogP contribution in [0.3, 0.4) is 0 Å². The maximum Gasteiger partial charge on any atom is 0.255 e. The van der Waals surface area contributed by atoms with Gasteiger partial charge in [-0.2, -0.15) is 0 Å². The van der Waals surface area contributed by atoms with E-state index in [0.29, 0.717) is 48.8 Å². The van der Waals surface area contributed by atoms with E-state index in [1.165, 1.54) is 18.6 Å². The Kier molecular flexibility index (Phi) is 8.05. The van der Waals surface area contributed by atoms with Crippen molar-refractivity contribution in [3.05, 3.63) is 24.2 Å². The molecule has 4 amide bonds. The minimum Gasteiger partial charge on any atom is -0.472 e. The van der Waals surface area contributed by atoms with E-state index in [-0.39, 0.29) is 30.9 Å². The maximum atomic E-state index is 13.2. The molecule has 2 heterocycles. The van der Waals surface area contributed by atoms with Crippen molar-refractivity contribution < 1.29 is 28.8 Å². The topological polar surface area (TPSA) is 132 Å². The smallest absolute Gasteiger partial charge is 0.255 e. The molecule has 10 heteroatoms. The Bertz CT molecular complexity index is 762. The standard InChI is InChI=1S/C21H30N4O6/c26-14-24(30)11-17(10-15-4-1-2-5-15)21(29)25-8-3-6-18(25)20(28)23-13-22-19(27)16-7-9-31-12-16/h7,9,12,14-15,17-18,30H,1-6,8,10-11,13H2,(H,22,27)(H,23,28)/t17-,18+/m1/s1. The van der Waals surface area contributed by atoms with Crippen molar-refractivity contribution in [3.63, 3.8) is 0 Å². The van der Waals surface area contributed by atoms with Gasteiger partial charge in [0.1, 0.15) is 12.3 Å². The summed E-state index contributed by atoms with van der Waals surface area (Å²) < 4.78 is 4.85. The number of nitrogens with zero attached hydrogens (tertiary/aromatic N) is 2. The molecular weight excluding hydrogens is 404 g/mol. The molecule has 0 radical (unpaired) electrons. The quantitative estimate of drug-likeness (QED) is 0.219. The Labute approximate surface area is 180 Å². The third kappa shape index (κ3) is 6.06. The van der Waals surface area contributed by atoms with E-state index in [0.717, 1.165) is 25.7 Å². The summed E-state index contributed by atoms with van der Waals surface area (Å²) >= 11 is 0. The summed E-state index contributed by atoms with van der Waals surface area (Å²) in [6, 6.07) is 0.885. The van der Waals surface area contributed by atoms with E-state index in [9.17, 15) is 24.4 Å². The molecule has 1 aliphatic heterocycles. The van der Waals surface area contributed by atoms with Crippen LogP contribution in [0.1, 0.15) is 55.3 Å². The first-order valence-electron chi connectivity index (χ1n) is 10.8. The SMILES string of the molecule is O=CN(O)C[C@@H](CC1CCCC1)C(=O)N1CCC[C@H]1C(=O)NCNC(=O)c1ccoc1. The van der Waals surface area contributed by atoms with Crippen LogP contribution in [0.15, 0.2) is 23.0 Å². The largest absolute Gasteiger partial charge is 0.472 e. The molecule has 1 aromatic heterocycles. The summed E-state index contributed by atoms with van der Waals surface area (Å²) in [6.07, 6.45) is 9.13. The molecule has 0 aromatic carbocycles. The zero-order valence-corrected chi connectivity index (χ0v) is 17.5. The van der Waals surface area contributed by atoms with E-state index < -0.39 is 12.0 Å². The van der Waals surface area contributed by atoms with Gasteiger partial charge in [-0.1, -0.05) is 25.7 Å². The number of hydrogen-bond donors (Lipinski definition) is 3. The van der Waals surface area contributed by atoms with Gasteiger partial charge in [-0.3, -0.25) is 24.4 Å². The molecule has 1 saturated heterocycles. The molecule has 0 unspecified atom stereocenters. The summed E-state index contributed by atoms with van der Waals surface area (Å²) in [7, 11) is 0. The highest BCUT2D eigenvalue weighted by molar-refractivity contribution is 5.94. The molecule has 2 atom stereocenters. The van der Waals surface area contributed by atoms with Gasteiger partial charge in [0.15, 0.2) is 0 Å². The van der Waals surface area contributed by atoms with Gasteiger partial charge in [0.05, 0.1) is 31.0 Å². The highest BCUT2D eigenvalue weighted by Crippen LogP contribution is 2.32. The predicted molar refractivity (Wildman–Crippen MR) is 109 cm³/mol. The second kappa shape index (κ2) is 10.9. The summed E-state index contributed by atoms with van der Waals surface area (Å²) in [4.78, 5) is 50.3. The fourth-order valence-corrected chi connectivity index (χ4v) is 4.53. The first-order valence-corrected chi connectivity index (χ1v) is 10.8. The van der Waals surface area contributed by atoms with Gasteiger partial charge in [-0.25, -0.2) is 5.06 Å². The lowest BCUT2D eigenvalue weighted by Gasteiger charge is -2.30. The first kappa shape index (κ1) is 22.8. The molecule has 2 aliphatic rings. The van der Waals surface area contributed by atoms with Crippen LogP contribution in [0.4, 0.5) is 0 Å².